The fourth-order valence-corrected chi connectivity index (χ4v) is 0.770. The second-order valence-corrected chi connectivity index (χ2v) is 4.54. The summed E-state index contributed by atoms with van der Waals surface area (Å²) in [6, 6.07) is 2.86. The molecule has 0 saturated carbocycles. The Morgan fingerprint density at radius 1 is 1.56 bits per heavy atom. The molecular formula is C8H13N3O6S. The Balaban J connectivity index is 0.000000494. The number of carboxylic acids is 1. The molecule has 0 unspecified atom stereocenters. The van der Waals surface area contributed by atoms with Gasteiger partial charge in [0.2, 0.25) is 5.76 Å². The van der Waals surface area contributed by atoms with E-state index in [9.17, 15) is 13.2 Å². The van der Waals surface area contributed by atoms with Crippen LogP contribution in [-0.4, -0.2) is 36.3 Å². The first-order valence-electron chi connectivity index (χ1n) is 4.42. The standard InChI is InChI=1S/C7H9N3O3.CH4O3S/c8-7(9)10-3-4-1-2-5(13-4)6(11)12;1-5(2,3)4/h1-2H,3H2,(H,11,12)(H4,8,9,10);1H3,(H,2,3,4). The Morgan fingerprint density at radius 2 is 2.06 bits per heavy atom. The first kappa shape index (κ1) is 15.9. The van der Waals surface area contributed by atoms with Crippen LogP contribution in [0.2, 0.25) is 0 Å². The van der Waals surface area contributed by atoms with Crippen molar-refractivity contribution in [1.82, 2.24) is 5.32 Å². The van der Waals surface area contributed by atoms with Crippen LogP contribution in [0.1, 0.15) is 16.3 Å². The average molecular weight is 279 g/mol. The van der Waals surface area contributed by atoms with E-state index in [1.165, 1.54) is 12.1 Å². The van der Waals surface area contributed by atoms with Crippen molar-refractivity contribution in [1.29, 1.82) is 5.41 Å². The fourth-order valence-electron chi connectivity index (χ4n) is 0.770. The van der Waals surface area contributed by atoms with Crippen molar-refractivity contribution in [2.75, 3.05) is 6.26 Å². The number of carbonyl (C=O) groups is 1. The molecule has 1 aromatic rings. The van der Waals surface area contributed by atoms with Gasteiger partial charge in [-0.15, -0.1) is 0 Å². The molecular weight excluding hydrogens is 266 g/mol. The molecule has 0 amide bonds. The smallest absolute Gasteiger partial charge is 0.371 e. The fraction of sp³-hybridized carbons (Fsp3) is 0.250. The van der Waals surface area contributed by atoms with Crippen LogP contribution in [0.5, 0.6) is 0 Å². The zero-order chi connectivity index (χ0) is 14.3. The second kappa shape index (κ2) is 6.61. The molecule has 0 spiro atoms. The van der Waals surface area contributed by atoms with E-state index in [1.807, 2.05) is 0 Å². The lowest BCUT2D eigenvalue weighted by Crippen LogP contribution is -2.29. The molecule has 0 aliphatic heterocycles. The van der Waals surface area contributed by atoms with Gasteiger partial charge in [0, 0.05) is 0 Å². The Hall–Kier alpha value is -2.07. The maximum atomic E-state index is 10.4. The van der Waals surface area contributed by atoms with Crippen LogP contribution in [-0.2, 0) is 16.7 Å². The minimum Gasteiger partial charge on any atom is -0.475 e. The maximum absolute atomic E-state index is 10.4. The molecule has 6 N–H and O–H groups in total. The summed E-state index contributed by atoms with van der Waals surface area (Å²) in [7, 11) is -3.67. The van der Waals surface area contributed by atoms with E-state index in [4.69, 9.17) is 25.2 Å². The molecule has 0 saturated heterocycles. The third-order valence-corrected chi connectivity index (χ3v) is 1.33. The van der Waals surface area contributed by atoms with E-state index in [0.29, 0.717) is 12.0 Å². The van der Waals surface area contributed by atoms with Crippen LogP contribution < -0.4 is 11.1 Å². The van der Waals surface area contributed by atoms with Crippen molar-refractivity contribution < 1.29 is 27.3 Å². The summed E-state index contributed by atoms with van der Waals surface area (Å²) in [5.74, 6) is -1.00. The van der Waals surface area contributed by atoms with E-state index in [0.717, 1.165) is 0 Å². The van der Waals surface area contributed by atoms with Crippen LogP contribution in [0.25, 0.3) is 0 Å². The summed E-state index contributed by atoms with van der Waals surface area (Å²) < 4.78 is 30.7. The topological polar surface area (TPSA) is 167 Å². The SMILES string of the molecule is CS(=O)(=O)O.N=C(N)NCc1ccc(C(=O)O)o1. The van der Waals surface area contributed by atoms with Crippen LogP contribution in [0.4, 0.5) is 0 Å². The van der Waals surface area contributed by atoms with Gasteiger partial charge in [0.1, 0.15) is 5.76 Å². The number of carboxylic acid groups (broad SMARTS) is 1. The average Bonchev–Trinajstić information content (AvgIpc) is 2.60. The van der Waals surface area contributed by atoms with E-state index < -0.39 is 16.1 Å². The summed E-state index contributed by atoms with van der Waals surface area (Å²) in [6.07, 6.45) is 0.715. The number of nitrogens with two attached hydrogens (primary N) is 1. The van der Waals surface area contributed by atoms with Gasteiger partial charge >= 0.3 is 5.97 Å². The molecule has 18 heavy (non-hydrogen) atoms. The Labute approximate surface area is 103 Å². The zero-order valence-electron chi connectivity index (χ0n) is 9.37. The molecule has 0 atom stereocenters. The number of hydrogen-bond acceptors (Lipinski definition) is 5. The number of aromatic carboxylic acids is 1. The lowest BCUT2D eigenvalue weighted by atomic mass is 10.4. The molecule has 0 aliphatic carbocycles. The molecule has 1 rings (SSSR count). The molecule has 0 aromatic carbocycles. The first-order valence-corrected chi connectivity index (χ1v) is 6.26. The van der Waals surface area contributed by atoms with Crippen LogP contribution in [0, 0.1) is 5.41 Å². The highest BCUT2D eigenvalue weighted by Crippen LogP contribution is 2.06. The van der Waals surface area contributed by atoms with E-state index in [2.05, 4.69) is 5.32 Å². The predicted molar refractivity (Wildman–Crippen MR) is 61.9 cm³/mol. The van der Waals surface area contributed by atoms with Crippen molar-refractivity contribution in [2.45, 2.75) is 6.54 Å². The Kier molecular flexibility index (Phi) is 5.85. The molecule has 0 radical (unpaired) electrons. The van der Waals surface area contributed by atoms with Crippen molar-refractivity contribution in [3.63, 3.8) is 0 Å². The third kappa shape index (κ3) is 9.18. The van der Waals surface area contributed by atoms with Gasteiger partial charge in [-0.3, -0.25) is 9.96 Å². The van der Waals surface area contributed by atoms with Gasteiger partial charge in [-0.05, 0) is 12.1 Å². The van der Waals surface area contributed by atoms with Crippen molar-refractivity contribution in [3.05, 3.63) is 23.7 Å². The quantitative estimate of drug-likeness (QED) is 0.279. The number of hydrogen-bond donors (Lipinski definition) is 5. The molecule has 1 aromatic heterocycles. The van der Waals surface area contributed by atoms with Gasteiger partial charge in [-0.1, -0.05) is 0 Å². The Bertz CT molecular complexity index is 513. The summed E-state index contributed by atoms with van der Waals surface area (Å²) in [5.41, 5.74) is 5.02. The van der Waals surface area contributed by atoms with Crippen LogP contribution in [0.3, 0.4) is 0 Å². The van der Waals surface area contributed by atoms with Gasteiger partial charge < -0.3 is 20.6 Å². The van der Waals surface area contributed by atoms with Gasteiger partial charge in [-0.25, -0.2) is 4.79 Å². The second-order valence-electron chi connectivity index (χ2n) is 3.07. The monoisotopic (exact) mass is 279 g/mol. The third-order valence-electron chi connectivity index (χ3n) is 1.33. The summed E-state index contributed by atoms with van der Waals surface area (Å²) in [4.78, 5) is 10.4. The number of guanidine groups is 1. The molecule has 0 fully saturated rings. The van der Waals surface area contributed by atoms with Gasteiger partial charge in [0.15, 0.2) is 5.96 Å². The van der Waals surface area contributed by atoms with E-state index in [1.54, 1.807) is 0 Å². The van der Waals surface area contributed by atoms with Gasteiger partial charge in [-0.2, -0.15) is 8.42 Å². The minimum atomic E-state index is -3.67. The van der Waals surface area contributed by atoms with E-state index in [-0.39, 0.29) is 18.3 Å². The normalized spacial score (nSPS) is 10.1. The molecule has 9 nitrogen and oxygen atoms in total. The zero-order valence-corrected chi connectivity index (χ0v) is 10.2. The molecule has 1 heterocycles. The minimum absolute atomic E-state index is 0.125. The number of furan rings is 1. The van der Waals surface area contributed by atoms with Crippen LogP contribution >= 0.6 is 0 Å². The lowest BCUT2D eigenvalue weighted by molar-refractivity contribution is 0.0660. The number of rotatable bonds is 3. The largest absolute Gasteiger partial charge is 0.475 e. The molecule has 10 heteroatoms. The molecule has 0 aliphatic rings. The van der Waals surface area contributed by atoms with Crippen molar-refractivity contribution >= 4 is 22.0 Å². The lowest BCUT2D eigenvalue weighted by Gasteiger charge is -1.98. The summed E-state index contributed by atoms with van der Waals surface area (Å²) >= 11 is 0. The summed E-state index contributed by atoms with van der Waals surface area (Å²) in [6.45, 7) is 0.211. The highest BCUT2D eigenvalue weighted by Gasteiger charge is 2.08. The highest BCUT2D eigenvalue weighted by atomic mass is 32.2. The maximum Gasteiger partial charge on any atom is 0.371 e. The highest BCUT2D eigenvalue weighted by molar-refractivity contribution is 7.85. The first-order chi connectivity index (χ1) is 8.09. The predicted octanol–water partition coefficient (Wildman–Crippen LogP) is -0.535. The van der Waals surface area contributed by atoms with Crippen LogP contribution in [0.15, 0.2) is 16.5 Å². The van der Waals surface area contributed by atoms with Crippen molar-refractivity contribution in [2.24, 2.45) is 5.73 Å². The van der Waals surface area contributed by atoms with Gasteiger partial charge in [0.05, 0.1) is 12.8 Å². The summed E-state index contributed by atoms with van der Waals surface area (Å²) in [5, 5.41) is 17.8. The Morgan fingerprint density at radius 3 is 2.39 bits per heavy atom. The van der Waals surface area contributed by atoms with E-state index >= 15 is 0 Å². The number of nitrogens with one attached hydrogen (secondary N) is 2. The molecule has 0 bridgehead atoms. The molecule has 102 valence electrons. The van der Waals surface area contributed by atoms with Crippen molar-refractivity contribution in [3.8, 4) is 0 Å². The van der Waals surface area contributed by atoms with Gasteiger partial charge in [0.25, 0.3) is 10.1 Å².